The van der Waals surface area contributed by atoms with Gasteiger partial charge in [-0.1, -0.05) is 37.6 Å². The average molecular weight is 302 g/mol. The van der Waals surface area contributed by atoms with Crippen molar-refractivity contribution in [1.82, 2.24) is 5.32 Å². The molecular weight excluding hydrogens is 278 g/mol. The van der Waals surface area contributed by atoms with Gasteiger partial charge in [0.2, 0.25) is 0 Å². The van der Waals surface area contributed by atoms with E-state index >= 15 is 0 Å². The number of thioether (sulfide) groups is 1. The minimum Gasteiger partial charge on any atom is -0.394 e. The number of benzene rings is 1. The Labute approximate surface area is 125 Å². The number of hydrogen-bond acceptors (Lipinski definition) is 3. The standard InChI is InChI=1S/C15H24ClNOS/c1-12(2)17-15(3,11-18)9-6-10-19-14-8-5-4-7-13(14)16/h4-5,7-8,12,17-18H,6,9-11H2,1-3H3. The van der Waals surface area contributed by atoms with E-state index in [0.717, 1.165) is 28.5 Å². The first-order chi connectivity index (χ1) is 8.97. The molecule has 0 radical (unpaired) electrons. The fraction of sp³-hybridized carbons (Fsp3) is 0.600. The molecule has 2 nitrogen and oxygen atoms in total. The lowest BCUT2D eigenvalue weighted by Crippen LogP contribution is -2.49. The topological polar surface area (TPSA) is 32.3 Å². The van der Waals surface area contributed by atoms with Crippen molar-refractivity contribution in [3.05, 3.63) is 29.3 Å². The Morgan fingerprint density at radius 2 is 2.05 bits per heavy atom. The van der Waals surface area contributed by atoms with E-state index in [4.69, 9.17) is 11.6 Å². The summed E-state index contributed by atoms with van der Waals surface area (Å²) >= 11 is 7.89. The van der Waals surface area contributed by atoms with Crippen LogP contribution in [0.5, 0.6) is 0 Å². The molecule has 2 N–H and O–H groups in total. The molecule has 1 rings (SSSR count). The summed E-state index contributed by atoms with van der Waals surface area (Å²) < 4.78 is 0. The third-order valence-corrected chi connectivity index (χ3v) is 4.55. The first-order valence-electron chi connectivity index (χ1n) is 6.73. The van der Waals surface area contributed by atoms with Gasteiger partial charge in [-0.15, -0.1) is 11.8 Å². The number of halogens is 1. The van der Waals surface area contributed by atoms with Crippen LogP contribution in [0.25, 0.3) is 0 Å². The lowest BCUT2D eigenvalue weighted by atomic mass is 9.96. The van der Waals surface area contributed by atoms with Crippen molar-refractivity contribution in [2.75, 3.05) is 12.4 Å². The van der Waals surface area contributed by atoms with Gasteiger partial charge in [-0.25, -0.2) is 0 Å². The van der Waals surface area contributed by atoms with Crippen LogP contribution < -0.4 is 5.32 Å². The van der Waals surface area contributed by atoms with Crippen molar-refractivity contribution in [3.8, 4) is 0 Å². The van der Waals surface area contributed by atoms with E-state index in [2.05, 4.69) is 26.1 Å². The predicted octanol–water partition coefficient (Wildman–Crippen LogP) is 3.96. The molecule has 0 heterocycles. The molecule has 4 heteroatoms. The summed E-state index contributed by atoms with van der Waals surface area (Å²) in [5.41, 5.74) is -0.185. The van der Waals surface area contributed by atoms with Gasteiger partial charge in [0, 0.05) is 16.5 Å². The van der Waals surface area contributed by atoms with E-state index in [-0.39, 0.29) is 12.1 Å². The Bertz CT molecular complexity index is 386. The monoisotopic (exact) mass is 301 g/mol. The van der Waals surface area contributed by atoms with Crippen molar-refractivity contribution in [2.45, 2.75) is 50.1 Å². The number of aliphatic hydroxyl groups excluding tert-OH is 1. The summed E-state index contributed by atoms with van der Waals surface area (Å²) in [6, 6.07) is 8.30. The van der Waals surface area contributed by atoms with Gasteiger partial charge >= 0.3 is 0 Å². The molecule has 0 saturated carbocycles. The highest BCUT2D eigenvalue weighted by molar-refractivity contribution is 7.99. The zero-order valence-electron chi connectivity index (χ0n) is 11.9. The molecule has 0 aliphatic carbocycles. The highest BCUT2D eigenvalue weighted by Gasteiger charge is 2.23. The van der Waals surface area contributed by atoms with E-state index in [9.17, 15) is 5.11 Å². The summed E-state index contributed by atoms with van der Waals surface area (Å²) in [6.45, 7) is 6.45. The third kappa shape index (κ3) is 6.17. The lowest BCUT2D eigenvalue weighted by molar-refractivity contribution is 0.156. The summed E-state index contributed by atoms with van der Waals surface area (Å²) in [4.78, 5) is 1.13. The Morgan fingerprint density at radius 1 is 1.37 bits per heavy atom. The van der Waals surface area contributed by atoms with E-state index in [1.54, 1.807) is 11.8 Å². The Kier molecular flexibility index (Phi) is 7.22. The first kappa shape index (κ1) is 16.8. The normalized spacial score (nSPS) is 14.6. The van der Waals surface area contributed by atoms with Crippen LogP contribution in [0.2, 0.25) is 5.02 Å². The summed E-state index contributed by atoms with van der Waals surface area (Å²) in [5.74, 6) is 1.01. The number of hydrogen-bond donors (Lipinski definition) is 2. The maximum absolute atomic E-state index is 9.50. The molecule has 0 aromatic heterocycles. The van der Waals surface area contributed by atoms with Crippen molar-refractivity contribution >= 4 is 23.4 Å². The summed E-state index contributed by atoms with van der Waals surface area (Å²) in [7, 11) is 0. The molecule has 0 spiro atoms. The molecule has 0 aliphatic rings. The van der Waals surface area contributed by atoms with Crippen LogP contribution in [0, 0.1) is 0 Å². The Hall–Kier alpha value is -0.220. The second-order valence-electron chi connectivity index (χ2n) is 5.40. The zero-order valence-corrected chi connectivity index (χ0v) is 13.5. The van der Waals surface area contributed by atoms with Crippen LogP contribution >= 0.6 is 23.4 Å². The molecule has 108 valence electrons. The molecule has 1 atom stereocenters. The highest BCUT2D eigenvalue weighted by Crippen LogP contribution is 2.28. The molecule has 0 aliphatic heterocycles. The molecule has 1 unspecified atom stereocenters. The smallest absolute Gasteiger partial charge is 0.0610 e. The van der Waals surface area contributed by atoms with Crippen molar-refractivity contribution in [2.24, 2.45) is 0 Å². The van der Waals surface area contributed by atoms with Crippen LogP contribution in [0.3, 0.4) is 0 Å². The van der Waals surface area contributed by atoms with Gasteiger partial charge in [-0.3, -0.25) is 0 Å². The number of nitrogens with one attached hydrogen (secondary N) is 1. The highest BCUT2D eigenvalue weighted by atomic mass is 35.5. The van der Waals surface area contributed by atoms with E-state index in [0.29, 0.717) is 6.04 Å². The van der Waals surface area contributed by atoms with Gasteiger partial charge < -0.3 is 10.4 Å². The SMILES string of the molecule is CC(C)NC(C)(CO)CCCSc1ccccc1Cl. The second kappa shape index (κ2) is 8.15. The van der Waals surface area contributed by atoms with E-state index < -0.39 is 0 Å². The van der Waals surface area contributed by atoms with Gasteiger partial charge in [0.05, 0.1) is 11.6 Å². The molecule has 0 bridgehead atoms. The number of aliphatic hydroxyl groups is 1. The van der Waals surface area contributed by atoms with Gasteiger partial charge in [0.25, 0.3) is 0 Å². The van der Waals surface area contributed by atoms with Crippen LogP contribution in [-0.2, 0) is 0 Å². The van der Waals surface area contributed by atoms with Gasteiger partial charge in [0.15, 0.2) is 0 Å². The lowest BCUT2D eigenvalue weighted by Gasteiger charge is -2.31. The van der Waals surface area contributed by atoms with Gasteiger partial charge in [-0.05, 0) is 37.7 Å². The van der Waals surface area contributed by atoms with E-state index in [1.165, 1.54) is 0 Å². The second-order valence-corrected chi connectivity index (χ2v) is 6.94. The largest absolute Gasteiger partial charge is 0.394 e. The molecule has 1 aromatic carbocycles. The summed E-state index contributed by atoms with van der Waals surface area (Å²) in [6.07, 6.45) is 2.01. The zero-order chi connectivity index (χ0) is 14.3. The molecule has 19 heavy (non-hydrogen) atoms. The maximum Gasteiger partial charge on any atom is 0.0610 e. The molecule has 0 amide bonds. The fourth-order valence-corrected chi connectivity index (χ4v) is 3.29. The molecule has 0 fully saturated rings. The van der Waals surface area contributed by atoms with Crippen molar-refractivity contribution in [3.63, 3.8) is 0 Å². The predicted molar refractivity (Wildman–Crippen MR) is 85.2 cm³/mol. The number of rotatable bonds is 8. The Morgan fingerprint density at radius 3 is 2.63 bits per heavy atom. The van der Waals surface area contributed by atoms with Crippen LogP contribution in [0.4, 0.5) is 0 Å². The molecule has 1 aromatic rings. The summed E-state index contributed by atoms with van der Waals surface area (Å²) in [5, 5.41) is 13.8. The fourth-order valence-electron chi connectivity index (χ4n) is 2.10. The van der Waals surface area contributed by atoms with Crippen LogP contribution in [-0.4, -0.2) is 29.0 Å². The average Bonchev–Trinajstić information content (AvgIpc) is 2.36. The molecule has 0 saturated heterocycles. The molecular formula is C15H24ClNOS. The minimum absolute atomic E-state index is 0.169. The van der Waals surface area contributed by atoms with Crippen molar-refractivity contribution in [1.29, 1.82) is 0 Å². The van der Waals surface area contributed by atoms with Crippen LogP contribution in [0.1, 0.15) is 33.6 Å². The van der Waals surface area contributed by atoms with Crippen LogP contribution in [0.15, 0.2) is 29.2 Å². The minimum atomic E-state index is -0.185. The maximum atomic E-state index is 9.50. The van der Waals surface area contributed by atoms with Gasteiger partial charge in [-0.2, -0.15) is 0 Å². The third-order valence-electron chi connectivity index (χ3n) is 2.95. The van der Waals surface area contributed by atoms with E-state index in [1.807, 2.05) is 24.3 Å². The van der Waals surface area contributed by atoms with Gasteiger partial charge in [0.1, 0.15) is 0 Å². The quantitative estimate of drug-likeness (QED) is 0.563. The Balaban J connectivity index is 2.35. The first-order valence-corrected chi connectivity index (χ1v) is 8.09. The van der Waals surface area contributed by atoms with Crippen molar-refractivity contribution < 1.29 is 5.11 Å².